The molecule has 100 valence electrons. The molecular weight excluding hydrogens is 278 g/mol. The summed E-state index contributed by atoms with van der Waals surface area (Å²) in [5.41, 5.74) is -0.134. The Balaban J connectivity index is 3.02. The Kier molecular flexibility index (Phi) is 4.98. The molecule has 0 saturated carbocycles. The molecule has 1 aromatic carbocycles. The van der Waals surface area contributed by atoms with Crippen molar-refractivity contribution in [1.82, 2.24) is 0 Å². The number of nitrogens with one attached hydrogen (secondary N) is 1. The van der Waals surface area contributed by atoms with Crippen LogP contribution in [0, 0.1) is 0 Å². The van der Waals surface area contributed by atoms with E-state index in [9.17, 15) is 13.2 Å². The van der Waals surface area contributed by atoms with Gasteiger partial charge in [0.2, 0.25) is 10.0 Å². The average molecular weight is 292 g/mol. The molecular formula is C11H14ClNO4S. The van der Waals surface area contributed by atoms with Gasteiger partial charge in [0, 0.05) is 5.02 Å². The number of carbonyl (C=O) groups is 1. The third kappa shape index (κ3) is 4.19. The quantitative estimate of drug-likeness (QED) is 0.844. The normalized spacial score (nSPS) is 11.2. The van der Waals surface area contributed by atoms with Crippen molar-refractivity contribution >= 4 is 33.3 Å². The van der Waals surface area contributed by atoms with Crippen molar-refractivity contribution in [2.45, 2.75) is 19.8 Å². The van der Waals surface area contributed by atoms with Crippen LogP contribution in [0.3, 0.4) is 0 Å². The van der Waals surface area contributed by atoms with Gasteiger partial charge in [-0.05, 0) is 24.6 Å². The molecule has 1 rings (SSSR count). The molecule has 0 aliphatic rings. The van der Waals surface area contributed by atoms with Crippen molar-refractivity contribution < 1.29 is 18.3 Å². The highest BCUT2D eigenvalue weighted by atomic mass is 35.5. The highest BCUT2D eigenvalue weighted by Crippen LogP contribution is 2.22. The lowest BCUT2D eigenvalue weighted by Gasteiger charge is -2.10. The first kappa shape index (κ1) is 14.8. The number of benzene rings is 1. The van der Waals surface area contributed by atoms with Crippen LogP contribution in [0.4, 0.5) is 5.69 Å². The van der Waals surface area contributed by atoms with Crippen LogP contribution in [-0.2, 0) is 10.0 Å². The van der Waals surface area contributed by atoms with Gasteiger partial charge in [-0.1, -0.05) is 24.9 Å². The zero-order chi connectivity index (χ0) is 13.8. The summed E-state index contributed by atoms with van der Waals surface area (Å²) in [4.78, 5) is 11.0. The van der Waals surface area contributed by atoms with Gasteiger partial charge in [0.25, 0.3) is 0 Å². The highest BCUT2D eigenvalue weighted by molar-refractivity contribution is 7.92. The monoisotopic (exact) mass is 291 g/mol. The predicted octanol–water partition coefficient (Wildman–Crippen LogP) is 2.58. The molecule has 0 radical (unpaired) electrons. The van der Waals surface area contributed by atoms with Gasteiger partial charge >= 0.3 is 5.97 Å². The molecule has 0 fully saturated rings. The van der Waals surface area contributed by atoms with Crippen molar-refractivity contribution in [3.05, 3.63) is 28.8 Å². The number of hydrogen-bond donors (Lipinski definition) is 2. The average Bonchev–Trinajstić information content (AvgIpc) is 2.25. The fourth-order valence-corrected chi connectivity index (χ4v) is 2.79. The molecule has 18 heavy (non-hydrogen) atoms. The number of sulfonamides is 1. The molecule has 0 aliphatic heterocycles. The Hall–Kier alpha value is -1.27. The molecule has 0 unspecified atom stereocenters. The number of unbranched alkanes of at least 4 members (excludes halogenated alkanes) is 1. The third-order valence-corrected chi connectivity index (χ3v) is 3.84. The smallest absolute Gasteiger partial charge is 0.337 e. The van der Waals surface area contributed by atoms with Gasteiger partial charge in [-0.2, -0.15) is 0 Å². The number of halogens is 1. The Labute approximate surface area is 111 Å². The summed E-state index contributed by atoms with van der Waals surface area (Å²) >= 11 is 5.73. The topological polar surface area (TPSA) is 83.5 Å². The zero-order valence-corrected chi connectivity index (χ0v) is 11.4. The van der Waals surface area contributed by atoms with Crippen molar-refractivity contribution in [2.75, 3.05) is 10.5 Å². The molecule has 0 aliphatic carbocycles. The van der Waals surface area contributed by atoms with Crippen molar-refractivity contribution in [2.24, 2.45) is 0 Å². The van der Waals surface area contributed by atoms with E-state index in [0.717, 1.165) is 6.42 Å². The van der Waals surface area contributed by atoms with Crippen LogP contribution in [0.15, 0.2) is 18.2 Å². The SMILES string of the molecule is CCCCS(=O)(=O)Nc1cc(Cl)ccc1C(=O)O. The summed E-state index contributed by atoms with van der Waals surface area (Å²) < 4.78 is 25.6. The van der Waals surface area contributed by atoms with Crippen LogP contribution in [0.2, 0.25) is 5.02 Å². The first-order chi connectivity index (χ1) is 8.35. The van der Waals surface area contributed by atoms with Gasteiger partial charge in [-0.15, -0.1) is 0 Å². The second-order valence-electron chi connectivity index (χ2n) is 3.77. The Bertz CT molecular complexity index is 542. The summed E-state index contributed by atoms with van der Waals surface area (Å²) in [6, 6.07) is 3.95. The molecule has 0 heterocycles. The summed E-state index contributed by atoms with van der Waals surface area (Å²) in [6.07, 6.45) is 1.25. The minimum Gasteiger partial charge on any atom is -0.478 e. The van der Waals surface area contributed by atoms with Crippen molar-refractivity contribution in [3.63, 3.8) is 0 Å². The molecule has 0 spiro atoms. The number of aromatic carboxylic acids is 1. The number of hydrogen-bond acceptors (Lipinski definition) is 3. The van der Waals surface area contributed by atoms with Gasteiger partial charge in [-0.3, -0.25) is 4.72 Å². The van der Waals surface area contributed by atoms with E-state index < -0.39 is 16.0 Å². The van der Waals surface area contributed by atoms with Gasteiger partial charge in [-0.25, -0.2) is 13.2 Å². The van der Waals surface area contributed by atoms with E-state index in [1.807, 2.05) is 6.92 Å². The zero-order valence-electron chi connectivity index (χ0n) is 9.81. The summed E-state index contributed by atoms with van der Waals surface area (Å²) in [5, 5.41) is 9.22. The van der Waals surface area contributed by atoms with Gasteiger partial charge in [0.05, 0.1) is 17.0 Å². The summed E-state index contributed by atoms with van der Waals surface area (Å²) in [7, 11) is -3.54. The fraction of sp³-hybridized carbons (Fsp3) is 0.364. The fourth-order valence-electron chi connectivity index (χ4n) is 1.34. The van der Waals surface area contributed by atoms with Crippen molar-refractivity contribution in [3.8, 4) is 0 Å². The van der Waals surface area contributed by atoms with Gasteiger partial charge < -0.3 is 5.11 Å². The Morgan fingerprint density at radius 1 is 1.44 bits per heavy atom. The molecule has 0 saturated heterocycles. The van der Waals surface area contributed by atoms with Crippen LogP contribution in [0.25, 0.3) is 0 Å². The maximum atomic E-state index is 11.7. The van der Waals surface area contributed by atoms with Crippen LogP contribution in [0.5, 0.6) is 0 Å². The van der Waals surface area contributed by atoms with E-state index in [4.69, 9.17) is 16.7 Å². The minimum atomic E-state index is -3.54. The van der Waals surface area contributed by atoms with Crippen LogP contribution in [0.1, 0.15) is 30.1 Å². The van der Waals surface area contributed by atoms with E-state index >= 15 is 0 Å². The molecule has 0 bridgehead atoms. The lowest BCUT2D eigenvalue weighted by molar-refractivity contribution is 0.0698. The van der Waals surface area contributed by atoms with E-state index in [1.54, 1.807) is 0 Å². The molecule has 5 nitrogen and oxygen atoms in total. The minimum absolute atomic E-state index is 0.00824. The molecule has 1 aromatic rings. The van der Waals surface area contributed by atoms with Crippen LogP contribution >= 0.6 is 11.6 Å². The maximum absolute atomic E-state index is 11.7. The molecule has 0 amide bonds. The standard InChI is InChI=1S/C11H14ClNO4S/c1-2-3-6-18(16,17)13-10-7-8(12)4-5-9(10)11(14)15/h4-5,7,13H,2-3,6H2,1H3,(H,14,15). The van der Waals surface area contributed by atoms with E-state index in [2.05, 4.69) is 4.72 Å². The number of carboxylic acids is 1. The predicted molar refractivity (Wildman–Crippen MR) is 70.7 cm³/mol. The van der Waals surface area contributed by atoms with E-state index in [1.165, 1.54) is 18.2 Å². The lowest BCUT2D eigenvalue weighted by Crippen LogP contribution is -2.18. The molecule has 0 aromatic heterocycles. The van der Waals surface area contributed by atoms with Gasteiger partial charge in [0.15, 0.2) is 0 Å². The maximum Gasteiger partial charge on any atom is 0.337 e. The number of carboxylic acid groups (broad SMARTS) is 1. The number of rotatable bonds is 6. The van der Waals surface area contributed by atoms with Crippen molar-refractivity contribution in [1.29, 1.82) is 0 Å². The van der Waals surface area contributed by atoms with Crippen LogP contribution < -0.4 is 4.72 Å². The van der Waals surface area contributed by atoms with E-state index in [0.29, 0.717) is 6.42 Å². The van der Waals surface area contributed by atoms with Crippen LogP contribution in [-0.4, -0.2) is 25.2 Å². The highest BCUT2D eigenvalue weighted by Gasteiger charge is 2.16. The summed E-state index contributed by atoms with van der Waals surface area (Å²) in [5.74, 6) is -1.26. The van der Waals surface area contributed by atoms with Gasteiger partial charge in [0.1, 0.15) is 0 Å². The lowest BCUT2D eigenvalue weighted by atomic mass is 10.2. The second-order valence-corrected chi connectivity index (χ2v) is 6.05. The molecule has 7 heteroatoms. The molecule has 2 N–H and O–H groups in total. The first-order valence-corrected chi connectivity index (χ1v) is 7.42. The Morgan fingerprint density at radius 2 is 2.11 bits per heavy atom. The largest absolute Gasteiger partial charge is 0.478 e. The second kappa shape index (κ2) is 6.06. The molecule has 0 atom stereocenters. The summed E-state index contributed by atoms with van der Waals surface area (Å²) in [6.45, 7) is 1.87. The first-order valence-electron chi connectivity index (χ1n) is 5.39. The Morgan fingerprint density at radius 3 is 2.67 bits per heavy atom. The number of anilines is 1. The van der Waals surface area contributed by atoms with E-state index in [-0.39, 0.29) is 22.0 Å². The third-order valence-electron chi connectivity index (χ3n) is 2.24.